The lowest BCUT2D eigenvalue weighted by Gasteiger charge is -2.56. The third-order valence-corrected chi connectivity index (χ3v) is 11.8. The third-order valence-electron chi connectivity index (χ3n) is 11.8. The van der Waals surface area contributed by atoms with Crippen LogP contribution < -0.4 is 0 Å². The average Bonchev–Trinajstić information content (AvgIpc) is 3.43. The highest BCUT2D eigenvalue weighted by molar-refractivity contribution is 5.47. The molecule has 2 saturated carbocycles. The number of benzene rings is 1. The molecule has 4 heterocycles. The number of hydrogen-bond donors (Lipinski definition) is 0. The standard InChI is InChI=1S/C32H42N2O2/c1-30-12-10-26-20-25-6-7-27(33-16-18-35-19-17-33)21-31(25)13-14-32(26,36-31)28(30)8-9-29(30)34-15-11-23-4-2-3-5-24(23)22-34/h2-5,10,20,27-29H,6-9,11-19,21-22H2,1H3/t27-,28+,29-,30-,31+,32+/m0/s1. The molecule has 4 nitrogen and oxygen atoms in total. The Balaban J connectivity index is 1.09. The van der Waals surface area contributed by atoms with E-state index < -0.39 is 0 Å². The van der Waals surface area contributed by atoms with Gasteiger partial charge in [0.15, 0.2) is 0 Å². The van der Waals surface area contributed by atoms with E-state index in [1.165, 1.54) is 64.3 Å². The molecule has 8 rings (SSSR count). The summed E-state index contributed by atoms with van der Waals surface area (Å²) in [4.78, 5) is 5.56. The molecule has 6 atom stereocenters. The summed E-state index contributed by atoms with van der Waals surface area (Å²) in [7, 11) is 0. The van der Waals surface area contributed by atoms with Gasteiger partial charge in [0.1, 0.15) is 0 Å². The molecule has 7 aliphatic rings. The van der Waals surface area contributed by atoms with Gasteiger partial charge in [-0.3, -0.25) is 9.80 Å². The minimum Gasteiger partial charge on any atom is -0.379 e. The predicted octanol–water partition coefficient (Wildman–Crippen LogP) is 5.27. The second kappa shape index (κ2) is 8.02. The molecule has 0 N–H and O–H groups in total. The molecule has 4 aliphatic heterocycles. The van der Waals surface area contributed by atoms with Crippen LogP contribution in [0.5, 0.6) is 0 Å². The summed E-state index contributed by atoms with van der Waals surface area (Å²) in [6, 6.07) is 10.5. The van der Waals surface area contributed by atoms with Gasteiger partial charge in [0, 0.05) is 38.3 Å². The summed E-state index contributed by atoms with van der Waals surface area (Å²) in [5.74, 6) is 0.646. The van der Waals surface area contributed by atoms with Crippen LogP contribution in [0, 0.1) is 11.3 Å². The van der Waals surface area contributed by atoms with Gasteiger partial charge in [-0.05, 0) is 91.4 Å². The second-order valence-corrected chi connectivity index (χ2v) is 13.2. The normalized spacial score (nSPS) is 44.2. The lowest BCUT2D eigenvalue weighted by Crippen LogP contribution is -2.58. The molecule has 4 fully saturated rings. The van der Waals surface area contributed by atoms with Crippen molar-refractivity contribution in [1.29, 1.82) is 0 Å². The van der Waals surface area contributed by atoms with Crippen LogP contribution in [-0.2, 0) is 22.4 Å². The predicted molar refractivity (Wildman–Crippen MR) is 142 cm³/mol. The first-order chi connectivity index (χ1) is 17.6. The molecule has 4 heteroatoms. The Hall–Kier alpha value is -1.46. The fourth-order valence-corrected chi connectivity index (χ4v) is 9.99. The Morgan fingerprint density at radius 3 is 2.67 bits per heavy atom. The van der Waals surface area contributed by atoms with Crippen molar-refractivity contribution in [2.75, 3.05) is 32.8 Å². The van der Waals surface area contributed by atoms with Crippen molar-refractivity contribution in [3.8, 4) is 0 Å². The van der Waals surface area contributed by atoms with E-state index >= 15 is 0 Å². The summed E-state index contributed by atoms with van der Waals surface area (Å²) in [6.45, 7) is 8.95. The topological polar surface area (TPSA) is 24.9 Å². The van der Waals surface area contributed by atoms with Gasteiger partial charge < -0.3 is 9.47 Å². The molecule has 36 heavy (non-hydrogen) atoms. The van der Waals surface area contributed by atoms with Crippen LogP contribution in [0.2, 0.25) is 0 Å². The molecule has 0 radical (unpaired) electrons. The summed E-state index contributed by atoms with van der Waals surface area (Å²) in [5.41, 5.74) is 6.57. The van der Waals surface area contributed by atoms with Gasteiger partial charge in [-0.2, -0.15) is 0 Å². The summed E-state index contributed by atoms with van der Waals surface area (Å²) < 4.78 is 13.2. The molecular weight excluding hydrogens is 444 g/mol. The van der Waals surface area contributed by atoms with Crippen molar-refractivity contribution in [2.24, 2.45) is 11.3 Å². The molecule has 0 aromatic heterocycles. The number of morpholine rings is 1. The molecule has 1 aromatic rings. The second-order valence-electron chi connectivity index (χ2n) is 13.2. The maximum atomic E-state index is 7.56. The number of rotatable bonds is 2. The first-order valence-corrected chi connectivity index (χ1v) is 14.8. The maximum Gasteiger partial charge on any atom is 0.0975 e. The smallest absolute Gasteiger partial charge is 0.0975 e. The Kier molecular flexibility index (Phi) is 5.02. The SMILES string of the molecule is C[C@]12CC=C3C=C4CC[C@H](N5CCOCC5)C[C@]45CC[C@]3(O5)[C@@H]1CC[C@@H]2N1CCc2ccccc2C1. The van der Waals surface area contributed by atoms with Gasteiger partial charge in [0.05, 0.1) is 24.4 Å². The van der Waals surface area contributed by atoms with Gasteiger partial charge in [0.25, 0.3) is 0 Å². The lowest BCUT2D eigenvalue weighted by molar-refractivity contribution is -0.147. The van der Waals surface area contributed by atoms with Crippen LogP contribution in [0.1, 0.15) is 69.4 Å². The zero-order valence-electron chi connectivity index (χ0n) is 22.0. The Bertz CT molecular complexity index is 1120. The Morgan fingerprint density at radius 1 is 0.917 bits per heavy atom. The highest BCUT2D eigenvalue weighted by Crippen LogP contribution is 2.67. The molecule has 1 aromatic carbocycles. The molecule has 2 spiro atoms. The van der Waals surface area contributed by atoms with E-state index in [2.05, 4.69) is 53.1 Å². The summed E-state index contributed by atoms with van der Waals surface area (Å²) in [6.07, 6.45) is 16.5. The van der Waals surface area contributed by atoms with E-state index in [-0.39, 0.29) is 11.2 Å². The van der Waals surface area contributed by atoms with Gasteiger partial charge in [0.2, 0.25) is 0 Å². The molecule has 0 amide bonds. The highest BCUT2D eigenvalue weighted by atomic mass is 16.5. The largest absolute Gasteiger partial charge is 0.379 e. The average molecular weight is 487 g/mol. The van der Waals surface area contributed by atoms with Crippen LogP contribution in [-0.4, -0.2) is 65.9 Å². The Labute approximate surface area is 216 Å². The number of allylic oxidation sites excluding steroid dienone is 1. The number of fused-ring (bicyclic) bond motifs is 2. The first kappa shape index (κ1) is 22.5. The summed E-state index contributed by atoms with van der Waals surface area (Å²) >= 11 is 0. The number of nitrogens with zero attached hydrogens (tertiary/aromatic N) is 2. The van der Waals surface area contributed by atoms with E-state index in [0.29, 0.717) is 23.4 Å². The fraction of sp³-hybridized carbons (Fsp3) is 0.688. The van der Waals surface area contributed by atoms with Crippen molar-refractivity contribution in [2.45, 2.75) is 94.5 Å². The van der Waals surface area contributed by atoms with E-state index in [9.17, 15) is 0 Å². The van der Waals surface area contributed by atoms with Crippen molar-refractivity contribution >= 4 is 0 Å². The minimum atomic E-state index is -0.0359. The molecule has 0 unspecified atom stereocenters. The van der Waals surface area contributed by atoms with Crippen molar-refractivity contribution in [3.05, 3.63) is 58.7 Å². The zero-order chi connectivity index (χ0) is 24.0. The van der Waals surface area contributed by atoms with E-state index in [4.69, 9.17) is 9.47 Å². The van der Waals surface area contributed by atoms with Crippen LogP contribution in [0.3, 0.4) is 0 Å². The molecular formula is C32H42N2O2. The minimum absolute atomic E-state index is 0.00103. The van der Waals surface area contributed by atoms with Gasteiger partial charge in [-0.1, -0.05) is 43.3 Å². The van der Waals surface area contributed by atoms with Crippen molar-refractivity contribution < 1.29 is 9.47 Å². The molecule has 2 bridgehead atoms. The number of hydrogen-bond acceptors (Lipinski definition) is 4. The van der Waals surface area contributed by atoms with Crippen molar-refractivity contribution in [1.82, 2.24) is 9.80 Å². The molecule has 192 valence electrons. The molecule has 2 saturated heterocycles. The number of ether oxygens (including phenoxy) is 2. The van der Waals surface area contributed by atoms with E-state index in [1.54, 1.807) is 22.3 Å². The summed E-state index contributed by atoms with van der Waals surface area (Å²) in [5, 5.41) is 0. The van der Waals surface area contributed by atoms with Crippen LogP contribution in [0.25, 0.3) is 0 Å². The van der Waals surface area contributed by atoms with Crippen molar-refractivity contribution in [3.63, 3.8) is 0 Å². The van der Waals surface area contributed by atoms with Gasteiger partial charge in [-0.25, -0.2) is 0 Å². The lowest BCUT2D eigenvalue weighted by atomic mass is 9.59. The van der Waals surface area contributed by atoms with Crippen LogP contribution >= 0.6 is 0 Å². The molecule has 3 aliphatic carbocycles. The third kappa shape index (κ3) is 3.08. The highest BCUT2D eigenvalue weighted by Gasteiger charge is 2.67. The van der Waals surface area contributed by atoms with Crippen LogP contribution in [0.4, 0.5) is 0 Å². The van der Waals surface area contributed by atoms with Gasteiger partial charge >= 0.3 is 0 Å². The fourth-order valence-electron chi connectivity index (χ4n) is 9.99. The van der Waals surface area contributed by atoms with Crippen LogP contribution in [0.15, 0.2) is 47.6 Å². The van der Waals surface area contributed by atoms with Gasteiger partial charge in [-0.15, -0.1) is 0 Å². The maximum absolute atomic E-state index is 7.56. The quantitative estimate of drug-likeness (QED) is 0.568. The monoisotopic (exact) mass is 486 g/mol. The Morgan fingerprint density at radius 2 is 1.78 bits per heavy atom. The first-order valence-electron chi connectivity index (χ1n) is 14.8. The van der Waals surface area contributed by atoms with E-state index in [0.717, 1.165) is 32.8 Å². The van der Waals surface area contributed by atoms with E-state index in [1.807, 2.05) is 0 Å². The zero-order valence-corrected chi connectivity index (χ0v) is 22.0.